The molecule has 156 valence electrons. The van der Waals surface area contributed by atoms with Crippen molar-refractivity contribution in [2.45, 2.75) is 38.6 Å². The van der Waals surface area contributed by atoms with Crippen molar-refractivity contribution in [2.24, 2.45) is 5.73 Å². The maximum Gasteiger partial charge on any atom is 0.329 e. The minimum absolute atomic E-state index is 0. The number of carbonyl (C=O) groups excluding carboxylic acids is 3. The van der Waals surface area contributed by atoms with E-state index in [0.29, 0.717) is 0 Å². The van der Waals surface area contributed by atoms with Crippen LogP contribution in [0.3, 0.4) is 0 Å². The van der Waals surface area contributed by atoms with E-state index >= 15 is 0 Å². The van der Waals surface area contributed by atoms with Crippen LogP contribution in [0.25, 0.3) is 0 Å². The maximum absolute atomic E-state index is 12.4. The molecular weight excluding hydrogens is 396 g/mol. The van der Waals surface area contributed by atoms with Gasteiger partial charge in [0, 0.05) is 0 Å². The highest BCUT2D eigenvalue weighted by molar-refractivity contribution is 5.89. The van der Waals surface area contributed by atoms with E-state index in [2.05, 4.69) is 5.32 Å². The summed E-state index contributed by atoms with van der Waals surface area (Å²) in [4.78, 5) is 36.4. The van der Waals surface area contributed by atoms with Gasteiger partial charge in [-0.25, -0.2) is 4.79 Å². The van der Waals surface area contributed by atoms with Gasteiger partial charge in [0.1, 0.15) is 19.3 Å². The van der Waals surface area contributed by atoms with Gasteiger partial charge in [0.2, 0.25) is 5.91 Å². The van der Waals surface area contributed by atoms with Gasteiger partial charge < -0.3 is 20.5 Å². The summed E-state index contributed by atoms with van der Waals surface area (Å²) in [6.07, 6.45) is -0.348. The van der Waals surface area contributed by atoms with E-state index in [1.807, 2.05) is 48.5 Å². The average Bonchev–Trinajstić information content (AvgIpc) is 2.71. The molecule has 0 spiro atoms. The molecule has 0 aliphatic rings. The lowest BCUT2D eigenvalue weighted by Crippen LogP contribution is -2.48. The van der Waals surface area contributed by atoms with Crippen molar-refractivity contribution < 1.29 is 23.9 Å². The number of nitrogens with one attached hydrogen (secondary N) is 1. The zero-order chi connectivity index (χ0) is 20.4. The standard InChI is InChI=1S/C21H24N2O5.ClH/c1-15(22)20(25)23-18(21(26)28-14-17-10-6-3-7-11-17)12-19(24)27-13-16-8-4-2-5-9-16;/h2-11,15,18H,12-14,22H2,1H3,(H,23,25);1H/t15?,18-;/m0./s1. The zero-order valence-electron chi connectivity index (χ0n) is 16.1. The number of esters is 2. The number of carbonyl (C=O) groups is 3. The van der Waals surface area contributed by atoms with Crippen LogP contribution in [0.15, 0.2) is 60.7 Å². The summed E-state index contributed by atoms with van der Waals surface area (Å²) in [6, 6.07) is 16.2. The molecule has 2 aromatic rings. The van der Waals surface area contributed by atoms with Crippen LogP contribution in [0.5, 0.6) is 0 Å². The van der Waals surface area contributed by atoms with Crippen molar-refractivity contribution in [3.63, 3.8) is 0 Å². The smallest absolute Gasteiger partial charge is 0.329 e. The van der Waals surface area contributed by atoms with E-state index in [4.69, 9.17) is 15.2 Å². The van der Waals surface area contributed by atoms with Crippen LogP contribution < -0.4 is 11.1 Å². The molecule has 3 N–H and O–H groups in total. The number of amides is 1. The van der Waals surface area contributed by atoms with Gasteiger partial charge in [0.25, 0.3) is 0 Å². The van der Waals surface area contributed by atoms with Gasteiger partial charge in [-0.2, -0.15) is 0 Å². The van der Waals surface area contributed by atoms with Crippen LogP contribution in [0, 0.1) is 0 Å². The van der Waals surface area contributed by atoms with Crippen LogP contribution in [-0.2, 0) is 37.1 Å². The van der Waals surface area contributed by atoms with Crippen LogP contribution in [0.1, 0.15) is 24.5 Å². The largest absolute Gasteiger partial charge is 0.461 e. The highest BCUT2D eigenvalue weighted by Gasteiger charge is 2.27. The predicted molar refractivity (Wildman–Crippen MR) is 110 cm³/mol. The lowest BCUT2D eigenvalue weighted by Gasteiger charge is -2.18. The van der Waals surface area contributed by atoms with E-state index in [1.54, 1.807) is 12.1 Å². The second-order valence-corrected chi connectivity index (χ2v) is 6.29. The fourth-order valence-corrected chi connectivity index (χ4v) is 2.29. The zero-order valence-corrected chi connectivity index (χ0v) is 16.9. The Balaban J connectivity index is 0.00000420. The number of nitrogens with two attached hydrogens (primary N) is 1. The van der Waals surface area contributed by atoms with Crippen LogP contribution in [0.4, 0.5) is 0 Å². The molecule has 2 aromatic carbocycles. The van der Waals surface area contributed by atoms with E-state index in [-0.39, 0.29) is 32.0 Å². The Kier molecular flexibility index (Phi) is 10.4. The van der Waals surface area contributed by atoms with Gasteiger partial charge in [0.05, 0.1) is 12.5 Å². The van der Waals surface area contributed by atoms with E-state index in [9.17, 15) is 14.4 Å². The van der Waals surface area contributed by atoms with E-state index in [0.717, 1.165) is 11.1 Å². The number of rotatable bonds is 9. The Labute approximate surface area is 176 Å². The van der Waals surface area contributed by atoms with Crippen LogP contribution >= 0.6 is 12.4 Å². The summed E-state index contributed by atoms with van der Waals surface area (Å²) in [6.45, 7) is 1.59. The van der Waals surface area contributed by atoms with Gasteiger partial charge in [-0.3, -0.25) is 9.59 Å². The molecule has 8 heteroatoms. The molecule has 2 rings (SSSR count). The summed E-state index contributed by atoms with van der Waals surface area (Å²) in [5, 5.41) is 2.44. The van der Waals surface area contributed by atoms with Crippen molar-refractivity contribution >= 4 is 30.3 Å². The van der Waals surface area contributed by atoms with Crippen LogP contribution in [-0.4, -0.2) is 29.9 Å². The third kappa shape index (κ3) is 8.76. The molecule has 1 unspecified atom stereocenters. The Bertz CT molecular complexity index is 784. The molecule has 1 amide bonds. The Morgan fingerprint density at radius 3 is 1.86 bits per heavy atom. The first kappa shape index (κ1) is 24.1. The van der Waals surface area contributed by atoms with E-state index in [1.165, 1.54) is 6.92 Å². The molecule has 0 fully saturated rings. The topological polar surface area (TPSA) is 108 Å². The first-order valence-corrected chi connectivity index (χ1v) is 8.91. The van der Waals surface area contributed by atoms with Crippen molar-refractivity contribution in [2.75, 3.05) is 0 Å². The summed E-state index contributed by atoms with van der Waals surface area (Å²) in [5.41, 5.74) is 7.14. The van der Waals surface area contributed by atoms with Gasteiger partial charge in [-0.1, -0.05) is 60.7 Å². The summed E-state index contributed by atoms with van der Waals surface area (Å²) < 4.78 is 10.4. The number of halogens is 1. The number of benzene rings is 2. The minimum atomic E-state index is -1.18. The minimum Gasteiger partial charge on any atom is -0.461 e. The molecule has 0 heterocycles. The van der Waals surface area contributed by atoms with Crippen LogP contribution in [0.2, 0.25) is 0 Å². The molecule has 0 aliphatic carbocycles. The first-order chi connectivity index (χ1) is 13.5. The summed E-state index contributed by atoms with van der Waals surface area (Å²) >= 11 is 0. The van der Waals surface area contributed by atoms with Gasteiger partial charge in [-0.15, -0.1) is 12.4 Å². The first-order valence-electron chi connectivity index (χ1n) is 8.91. The number of ether oxygens (including phenoxy) is 2. The predicted octanol–water partition coefficient (Wildman–Crippen LogP) is 2.12. The van der Waals surface area contributed by atoms with Crippen molar-refractivity contribution in [3.05, 3.63) is 71.8 Å². The Morgan fingerprint density at radius 1 is 0.897 bits per heavy atom. The van der Waals surface area contributed by atoms with Crippen molar-refractivity contribution in [1.29, 1.82) is 0 Å². The summed E-state index contributed by atoms with van der Waals surface area (Å²) in [5.74, 6) is -1.91. The summed E-state index contributed by atoms with van der Waals surface area (Å²) in [7, 11) is 0. The molecule has 0 bridgehead atoms. The molecule has 2 atom stereocenters. The molecule has 0 aliphatic heterocycles. The lowest BCUT2D eigenvalue weighted by molar-refractivity contribution is -0.155. The molecule has 0 saturated heterocycles. The fourth-order valence-electron chi connectivity index (χ4n) is 2.29. The Hall–Kier alpha value is -2.90. The van der Waals surface area contributed by atoms with Gasteiger partial charge in [0.15, 0.2) is 0 Å². The third-order valence-corrected chi connectivity index (χ3v) is 3.85. The molecule has 0 saturated carbocycles. The average molecular weight is 421 g/mol. The third-order valence-electron chi connectivity index (χ3n) is 3.85. The Morgan fingerprint density at radius 2 is 1.38 bits per heavy atom. The van der Waals surface area contributed by atoms with Gasteiger partial charge >= 0.3 is 11.9 Å². The molecular formula is C21H25ClN2O5. The van der Waals surface area contributed by atoms with Crippen molar-refractivity contribution in [3.8, 4) is 0 Å². The maximum atomic E-state index is 12.4. The number of hydrogen-bond acceptors (Lipinski definition) is 6. The van der Waals surface area contributed by atoms with Gasteiger partial charge in [-0.05, 0) is 18.1 Å². The highest BCUT2D eigenvalue weighted by atomic mass is 35.5. The SMILES string of the molecule is CC(N)C(=O)N[C@@H](CC(=O)OCc1ccccc1)C(=O)OCc1ccccc1.Cl. The second-order valence-electron chi connectivity index (χ2n) is 6.29. The lowest BCUT2D eigenvalue weighted by atomic mass is 10.2. The van der Waals surface area contributed by atoms with Crippen molar-refractivity contribution in [1.82, 2.24) is 5.32 Å². The number of hydrogen-bond donors (Lipinski definition) is 2. The quantitative estimate of drug-likeness (QED) is 0.601. The molecule has 7 nitrogen and oxygen atoms in total. The fraction of sp³-hybridized carbons (Fsp3) is 0.286. The molecule has 29 heavy (non-hydrogen) atoms. The molecule has 0 radical (unpaired) electrons. The second kappa shape index (κ2) is 12.5. The van der Waals surface area contributed by atoms with E-state index < -0.39 is 29.9 Å². The highest BCUT2D eigenvalue weighted by Crippen LogP contribution is 2.07. The monoisotopic (exact) mass is 420 g/mol. The molecule has 0 aromatic heterocycles. The normalized spacial score (nSPS) is 12.1.